The van der Waals surface area contributed by atoms with Crippen LogP contribution in [0, 0.1) is 5.82 Å². The van der Waals surface area contributed by atoms with Crippen molar-refractivity contribution in [3.05, 3.63) is 29.1 Å². The van der Waals surface area contributed by atoms with Crippen LogP contribution in [0.1, 0.15) is 65.5 Å². The molecular formula is C19H28F4N2O3S. The summed E-state index contributed by atoms with van der Waals surface area (Å²) in [6.45, 7) is 11.7. The van der Waals surface area contributed by atoms with Crippen LogP contribution in [-0.4, -0.2) is 27.5 Å². The van der Waals surface area contributed by atoms with Gasteiger partial charge < -0.3 is 9.29 Å². The second-order valence-corrected chi connectivity index (χ2v) is 10.7. The van der Waals surface area contributed by atoms with Crippen LogP contribution in [-0.2, 0) is 22.3 Å². The van der Waals surface area contributed by atoms with Gasteiger partial charge in [0, 0.05) is 17.9 Å². The second-order valence-electron chi connectivity index (χ2n) is 8.69. The van der Waals surface area contributed by atoms with Gasteiger partial charge in [0.05, 0.1) is 11.3 Å². The number of ether oxygens (including phenoxy) is 1. The van der Waals surface area contributed by atoms with Gasteiger partial charge in [0.1, 0.15) is 10.3 Å². The van der Waals surface area contributed by atoms with Crippen LogP contribution in [0.5, 0.6) is 0 Å². The van der Waals surface area contributed by atoms with E-state index >= 15 is 0 Å². The minimum Gasteiger partial charge on any atom is -0.598 e. The Morgan fingerprint density at radius 3 is 2.17 bits per heavy atom. The summed E-state index contributed by atoms with van der Waals surface area (Å²) < 4.78 is 73.6. The Balaban J connectivity index is 3.19. The van der Waals surface area contributed by atoms with Crippen molar-refractivity contribution >= 4 is 23.1 Å². The molecule has 2 atom stereocenters. The van der Waals surface area contributed by atoms with Crippen LogP contribution in [0.4, 0.5) is 28.0 Å². The van der Waals surface area contributed by atoms with Gasteiger partial charge in [-0.2, -0.15) is 13.2 Å². The molecule has 0 heterocycles. The number of hydrogen-bond donors (Lipinski definition) is 2. The number of amides is 1. The van der Waals surface area contributed by atoms with E-state index < -0.39 is 57.0 Å². The molecule has 10 heteroatoms. The van der Waals surface area contributed by atoms with Crippen LogP contribution in [0.2, 0.25) is 0 Å². The summed E-state index contributed by atoms with van der Waals surface area (Å²) >= 11 is -1.42. The zero-order chi connectivity index (χ0) is 22.8. The van der Waals surface area contributed by atoms with Crippen LogP contribution >= 0.6 is 0 Å². The number of anilines is 1. The molecule has 2 N–H and O–H groups in total. The molecule has 0 bridgehead atoms. The van der Waals surface area contributed by atoms with Crippen molar-refractivity contribution in [2.24, 2.45) is 0 Å². The van der Waals surface area contributed by atoms with E-state index in [9.17, 15) is 26.9 Å². The first-order chi connectivity index (χ1) is 12.9. The van der Waals surface area contributed by atoms with Crippen molar-refractivity contribution in [3.63, 3.8) is 0 Å². The third-order valence-electron chi connectivity index (χ3n) is 3.68. The first kappa shape index (κ1) is 25.5. The summed E-state index contributed by atoms with van der Waals surface area (Å²) in [5.41, 5.74) is -2.90. The first-order valence-corrected chi connectivity index (χ1v) is 10.1. The van der Waals surface area contributed by atoms with Crippen LogP contribution < -0.4 is 10.0 Å². The predicted octanol–water partition coefficient (Wildman–Crippen LogP) is 5.35. The quantitative estimate of drug-likeness (QED) is 0.478. The van der Waals surface area contributed by atoms with Crippen molar-refractivity contribution in [2.45, 2.75) is 70.9 Å². The number of alkyl halides is 3. The smallest absolute Gasteiger partial charge is 0.419 e. The molecule has 5 nitrogen and oxygen atoms in total. The van der Waals surface area contributed by atoms with E-state index in [1.165, 1.54) is 0 Å². The fourth-order valence-electron chi connectivity index (χ4n) is 2.18. The molecule has 0 aliphatic rings. The van der Waals surface area contributed by atoms with E-state index in [1.54, 1.807) is 48.5 Å². The van der Waals surface area contributed by atoms with E-state index in [-0.39, 0.29) is 12.1 Å². The van der Waals surface area contributed by atoms with Crippen molar-refractivity contribution in [3.8, 4) is 0 Å². The molecule has 1 rings (SSSR count). The largest absolute Gasteiger partial charge is 0.598 e. The molecule has 29 heavy (non-hydrogen) atoms. The van der Waals surface area contributed by atoms with Crippen LogP contribution in [0.25, 0.3) is 0 Å². The van der Waals surface area contributed by atoms with E-state index in [1.807, 2.05) is 5.32 Å². The lowest BCUT2D eigenvalue weighted by Crippen LogP contribution is -2.40. The minimum absolute atomic E-state index is 0.0959. The zero-order valence-corrected chi connectivity index (χ0v) is 18.4. The van der Waals surface area contributed by atoms with Gasteiger partial charge >= 0.3 is 12.3 Å². The van der Waals surface area contributed by atoms with Gasteiger partial charge in [0.25, 0.3) is 0 Å². The van der Waals surface area contributed by atoms with Gasteiger partial charge in [-0.25, -0.2) is 9.18 Å². The highest BCUT2D eigenvalue weighted by atomic mass is 32.2. The highest BCUT2D eigenvalue weighted by Gasteiger charge is 2.37. The number of benzene rings is 1. The summed E-state index contributed by atoms with van der Waals surface area (Å²) in [6, 6.07) is 1.82. The molecule has 0 aliphatic carbocycles. The fourth-order valence-corrected chi connectivity index (χ4v) is 3.01. The normalized spacial score (nSPS) is 15.0. The standard InChI is InChI=1S/C19H28F4N2O3S/c1-11(10-24-29(27)18(5,6)7)12-8-13(19(21,22)23)15(20)14(9-12)25-16(26)28-17(2,3)4/h8-9,11,24H,10H2,1-7H3,(H,25,26). The van der Waals surface area contributed by atoms with E-state index in [0.29, 0.717) is 6.07 Å². The molecular weight excluding hydrogens is 412 g/mol. The van der Waals surface area contributed by atoms with Crippen molar-refractivity contribution < 1.29 is 31.6 Å². The van der Waals surface area contributed by atoms with E-state index in [4.69, 9.17) is 4.74 Å². The molecule has 166 valence electrons. The lowest BCUT2D eigenvalue weighted by atomic mass is 9.97. The molecule has 0 saturated heterocycles. The van der Waals surface area contributed by atoms with Gasteiger partial charge in [0.2, 0.25) is 0 Å². The summed E-state index contributed by atoms with van der Waals surface area (Å²) in [5.74, 6) is -2.13. The molecule has 0 spiro atoms. The highest BCUT2D eigenvalue weighted by Crippen LogP contribution is 2.37. The fraction of sp³-hybridized carbons (Fsp3) is 0.632. The number of halogens is 4. The Kier molecular flexibility index (Phi) is 8.00. The number of hydrogen-bond acceptors (Lipinski definition) is 4. The maximum atomic E-state index is 14.4. The molecule has 1 amide bonds. The van der Waals surface area contributed by atoms with Crippen molar-refractivity contribution in [1.82, 2.24) is 4.72 Å². The van der Waals surface area contributed by atoms with Crippen LogP contribution in [0.3, 0.4) is 0 Å². The number of carbonyl (C=O) groups is 1. The molecule has 0 radical (unpaired) electrons. The third-order valence-corrected chi connectivity index (χ3v) is 5.22. The number of rotatable bonds is 5. The minimum atomic E-state index is -4.95. The SMILES string of the molecule is CC(CN[S+]([O-])C(C)(C)C)c1cc(NC(=O)OC(C)(C)C)c(F)c(C(F)(F)F)c1. The Labute approximate surface area is 171 Å². The Bertz CT molecular complexity index is 728. The zero-order valence-electron chi connectivity index (χ0n) is 17.6. The molecule has 0 aliphatic heterocycles. The third kappa shape index (κ3) is 8.02. The number of nitrogens with one attached hydrogen (secondary N) is 2. The Hall–Kier alpha value is -1.52. The van der Waals surface area contributed by atoms with Gasteiger partial charge in [-0.05, 0) is 65.2 Å². The average molecular weight is 441 g/mol. The second kappa shape index (κ2) is 9.09. The van der Waals surface area contributed by atoms with Gasteiger partial charge in [-0.3, -0.25) is 5.32 Å². The van der Waals surface area contributed by atoms with Crippen molar-refractivity contribution in [1.29, 1.82) is 0 Å². The molecule has 1 aromatic rings. The van der Waals surface area contributed by atoms with Gasteiger partial charge in [-0.15, -0.1) is 4.72 Å². The Morgan fingerprint density at radius 1 is 1.17 bits per heavy atom. The van der Waals surface area contributed by atoms with Crippen LogP contribution in [0.15, 0.2) is 12.1 Å². The molecule has 1 aromatic carbocycles. The molecule has 2 unspecified atom stereocenters. The summed E-state index contributed by atoms with van der Waals surface area (Å²) in [5, 5.41) is 2.05. The van der Waals surface area contributed by atoms with Crippen molar-refractivity contribution in [2.75, 3.05) is 11.9 Å². The van der Waals surface area contributed by atoms with Gasteiger partial charge in [0.15, 0.2) is 5.82 Å². The lowest BCUT2D eigenvalue weighted by Gasteiger charge is -2.25. The topological polar surface area (TPSA) is 73.4 Å². The molecule has 0 saturated carbocycles. The lowest BCUT2D eigenvalue weighted by molar-refractivity contribution is -0.140. The predicted molar refractivity (Wildman–Crippen MR) is 106 cm³/mol. The maximum Gasteiger partial charge on any atom is 0.419 e. The molecule has 0 aromatic heterocycles. The highest BCUT2D eigenvalue weighted by molar-refractivity contribution is 7.90. The first-order valence-electron chi connectivity index (χ1n) is 8.98. The summed E-state index contributed by atoms with van der Waals surface area (Å²) in [4.78, 5) is 11.9. The average Bonchev–Trinajstić information content (AvgIpc) is 2.50. The summed E-state index contributed by atoms with van der Waals surface area (Å²) in [7, 11) is 0. The van der Waals surface area contributed by atoms with E-state index in [0.717, 1.165) is 6.07 Å². The Morgan fingerprint density at radius 2 is 1.72 bits per heavy atom. The number of carbonyl (C=O) groups excluding carboxylic acids is 1. The van der Waals surface area contributed by atoms with Gasteiger partial charge in [-0.1, -0.05) is 6.92 Å². The monoisotopic (exact) mass is 440 g/mol. The maximum absolute atomic E-state index is 14.4. The van der Waals surface area contributed by atoms with E-state index in [2.05, 4.69) is 4.72 Å². The molecule has 0 fully saturated rings. The summed E-state index contributed by atoms with van der Waals surface area (Å²) in [6.07, 6.45) is -6.02.